The predicted molar refractivity (Wildman–Crippen MR) is 66.0 cm³/mol. The van der Waals surface area contributed by atoms with Gasteiger partial charge in [-0.25, -0.2) is 0 Å². The Morgan fingerprint density at radius 2 is 1.73 bits per heavy atom. The monoisotopic (exact) mass is 212 g/mol. The summed E-state index contributed by atoms with van der Waals surface area (Å²) in [5.74, 6) is -0.670. The molecule has 2 heteroatoms. The Balaban J connectivity index is 0. The molecule has 0 atom stereocenters. The number of rotatable bonds is 7. The van der Waals surface area contributed by atoms with Gasteiger partial charge in [-0.2, -0.15) is 0 Å². The quantitative estimate of drug-likeness (QED) is 0.507. The van der Waals surface area contributed by atoms with Crippen LogP contribution in [-0.2, 0) is 4.79 Å². The van der Waals surface area contributed by atoms with Gasteiger partial charge in [-0.1, -0.05) is 57.4 Å². The van der Waals surface area contributed by atoms with Crippen LogP contribution in [0, 0.1) is 0 Å². The maximum atomic E-state index is 10.0. The molecule has 0 radical (unpaired) electrons. The van der Waals surface area contributed by atoms with Gasteiger partial charge >= 0.3 is 5.97 Å². The minimum Gasteiger partial charge on any atom is -0.481 e. The van der Waals surface area contributed by atoms with E-state index in [4.69, 9.17) is 5.11 Å². The van der Waals surface area contributed by atoms with E-state index in [0.29, 0.717) is 6.42 Å². The summed E-state index contributed by atoms with van der Waals surface area (Å²) in [5.41, 5.74) is 1.02. The van der Waals surface area contributed by atoms with E-state index in [9.17, 15) is 4.79 Å². The Hall–Kier alpha value is -1.05. The lowest BCUT2D eigenvalue weighted by atomic mass is 10.1. The predicted octanol–water partition coefficient (Wildman–Crippen LogP) is 4.18. The molecule has 0 bridgehead atoms. The SMILES string of the molecule is C=CC(=C)C.CCCCCCCC(=O)O. The summed E-state index contributed by atoms with van der Waals surface area (Å²) in [7, 11) is 0. The standard InChI is InChI=1S/C8H16O2.C5H8/c1-2-3-4-5-6-7-8(9)10;1-4-5(2)3/h2-7H2,1H3,(H,9,10);4H,1-2H2,3H3. The average Bonchev–Trinajstić information content (AvgIpc) is 2.18. The third-order valence-electron chi connectivity index (χ3n) is 1.84. The van der Waals surface area contributed by atoms with Crippen LogP contribution in [0.1, 0.15) is 52.4 Å². The highest BCUT2D eigenvalue weighted by Crippen LogP contribution is 2.04. The van der Waals surface area contributed by atoms with E-state index in [-0.39, 0.29) is 0 Å². The Bertz CT molecular complexity index is 183. The van der Waals surface area contributed by atoms with Crippen molar-refractivity contribution in [2.45, 2.75) is 52.4 Å². The van der Waals surface area contributed by atoms with Gasteiger partial charge in [0, 0.05) is 6.42 Å². The number of aliphatic carboxylic acids is 1. The van der Waals surface area contributed by atoms with E-state index in [1.807, 2.05) is 6.92 Å². The third kappa shape index (κ3) is 24.6. The number of carboxylic acid groups (broad SMARTS) is 1. The fourth-order valence-electron chi connectivity index (χ4n) is 0.880. The molecule has 0 spiro atoms. The first-order valence-corrected chi connectivity index (χ1v) is 5.54. The van der Waals surface area contributed by atoms with Crippen molar-refractivity contribution in [1.82, 2.24) is 0 Å². The van der Waals surface area contributed by atoms with Crippen molar-refractivity contribution in [3.8, 4) is 0 Å². The molecular weight excluding hydrogens is 188 g/mol. The Labute approximate surface area is 93.7 Å². The molecule has 0 fully saturated rings. The molecule has 0 saturated heterocycles. The van der Waals surface area contributed by atoms with Crippen molar-refractivity contribution in [3.63, 3.8) is 0 Å². The Kier molecular flexibility index (Phi) is 14.1. The van der Waals surface area contributed by atoms with Gasteiger partial charge in [0.2, 0.25) is 0 Å². The highest BCUT2D eigenvalue weighted by Gasteiger charge is 1.94. The second-order valence-electron chi connectivity index (χ2n) is 3.61. The van der Waals surface area contributed by atoms with E-state index in [1.165, 1.54) is 19.3 Å². The third-order valence-corrected chi connectivity index (χ3v) is 1.84. The van der Waals surface area contributed by atoms with Gasteiger partial charge in [0.1, 0.15) is 0 Å². The smallest absolute Gasteiger partial charge is 0.303 e. The second-order valence-corrected chi connectivity index (χ2v) is 3.61. The number of carbonyl (C=O) groups is 1. The molecule has 0 aromatic carbocycles. The summed E-state index contributed by atoms with van der Waals surface area (Å²) >= 11 is 0. The summed E-state index contributed by atoms with van der Waals surface area (Å²) < 4.78 is 0. The number of unbranched alkanes of at least 4 members (excludes halogenated alkanes) is 4. The zero-order chi connectivity index (χ0) is 12.1. The lowest BCUT2D eigenvalue weighted by Crippen LogP contribution is -1.93. The number of carboxylic acids is 1. The zero-order valence-electron chi connectivity index (χ0n) is 10.1. The summed E-state index contributed by atoms with van der Waals surface area (Å²) in [4.78, 5) is 10.0. The topological polar surface area (TPSA) is 37.3 Å². The van der Waals surface area contributed by atoms with Crippen LogP contribution in [0.4, 0.5) is 0 Å². The van der Waals surface area contributed by atoms with Gasteiger partial charge in [-0.15, -0.1) is 0 Å². The van der Waals surface area contributed by atoms with Gasteiger partial charge < -0.3 is 5.11 Å². The van der Waals surface area contributed by atoms with E-state index in [2.05, 4.69) is 20.1 Å². The molecule has 0 saturated carbocycles. The molecule has 0 aliphatic heterocycles. The van der Waals surface area contributed by atoms with Crippen LogP contribution < -0.4 is 0 Å². The molecule has 1 N–H and O–H groups in total. The second kappa shape index (κ2) is 12.9. The highest BCUT2D eigenvalue weighted by atomic mass is 16.4. The van der Waals surface area contributed by atoms with Gasteiger partial charge in [0.25, 0.3) is 0 Å². The lowest BCUT2D eigenvalue weighted by molar-refractivity contribution is -0.137. The van der Waals surface area contributed by atoms with Crippen molar-refractivity contribution >= 4 is 5.97 Å². The van der Waals surface area contributed by atoms with Crippen LogP contribution in [0.3, 0.4) is 0 Å². The number of allylic oxidation sites excluding steroid dienone is 2. The Morgan fingerprint density at radius 1 is 1.27 bits per heavy atom. The van der Waals surface area contributed by atoms with Crippen molar-refractivity contribution in [1.29, 1.82) is 0 Å². The van der Waals surface area contributed by atoms with Crippen LogP contribution in [0.5, 0.6) is 0 Å². The first-order chi connectivity index (χ1) is 7.04. The summed E-state index contributed by atoms with van der Waals surface area (Å²) in [6.45, 7) is 11.1. The van der Waals surface area contributed by atoms with Crippen molar-refractivity contribution in [2.75, 3.05) is 0 Å². The fourth-order valence-corrected chi connectivity index (χ4v) is 0.880. The molecule has 0 heterocycles. The van der Waals surface area contributed by atoms with Crippen molar-refractivity contribution in [3.05, 3.63) is 24.8 Å². The lowest BCUT2D eigenvalue weighted by Gasteiger charge is -1.95. The molecule has 0 rings (SSSR count). The molecule has 0 unspecified atom stereocenters. The molecule has 15 heavy (non-hydrogen) atoms. The maximum absolute atomic E-state index is 10.0. The molecule has 0 aliphatic carbocycles. The van der Waals surface area contributed by atoms with Crippen LogP contribution in [0.15, 0.2) is 24.8 Å². The zero-order valence-corrected chi connectivity index (χ0v) is 10.1. The van der Waals surface area contributed by atoms with Crippen molar-refractivity contribution < 1.29 is 9.90 Å². The molecule has 0 aliphatic rings. The summed E-state index contributed by atoms with van der Waals surface area (Å²) in [5, 5.41) is 8.27. The largest absolute Gasteiger partial charge is 0.481 e. The summed E-state index contributed by atoms with van der Waals surface area (Å²) in [6.07, 6.45) is 7.61. The molecular formula is C13H24O2. The molecule has 0 amide bonds. The first-order valence-electron chi connectivity index (χ1n) is 5.54. The van der Waals surface area contributed by atoms with Gasteiger partial charge in [0.05, 0.1) is 0 Å². The average molecular weight is 212 g/mol. The van der Waals surface area contributed by atoms with E-state index < -0.39 is 5.97 Å². The molecule has 0 aromatic rings. The van der Waals surface area contributed by atoms with E-state index in [0.717, 1.165) is 18.4 Å². The van der Waals surface area contributed by atoms with E-state index >= 15 is 0 Å². The van der Waals surface area contributed by atoms with Crippen LogP contribution in [-0.4, -0.2) is 11.1 Å². The number of hydrogen-bond acceptors (Lipinski definition) is 1. The van der Waals surface area contributed by atoms with Crippen LogP contribution in [0.25, 0.3) is 0 Å². The highest BCUT2D eigenvalue weighted by molar-refractivity contribution is 5.66. The number of hydrogen-bond donors (Lipinski definition) is 1. The van der Waals surface area contributed by atoms with Gasteiger partial charge in [-0.05, 0) is 13.3 Å². The van der Waals surface area contributed by atoms with Crippen molar-refractivity contribution in [2.24, 2.45) is 0 Å². The first kappa shape index (κ1) is 16.4. The maximum Gasteiger partial charge on any atom is 0.303 e. The molecule has 88 valence electrons. The normalized spacial score (nSPS) is 8.67. The molecule has 0 aromatic heterocycles. The van der Waals surface area contributed by atoms with Crippen LogP contribution >= 0.6 is 0 Å². The van der Waals surface area contributed by atoms with E-state index in [1.54, 1.807) is 6.08 Å². The van der Waals surface area contributed by atoms with Gasteiger partial charge in [-0.3, -0.25) is 4.79 Å². The van der Waals surface area contributed by atoms with Gasteiger partial charge in [0.15, 0.2) is 0 Å². The Morgan fingerprint density at radius 3 is 2.07 bits per heavy atom. The van der Waals surface area contributed by atoms with Crippen LogP contribution in [0.2, 0.25) is 0 Å². The summed E-state index contributed by atoms with van der Waals surface area (Å²) in [6, 6.07) is 0. The molecule has 2 nitrogen and oxygen atoms in total. The minimum absolute atomic E-state index is 0.337. The fraction of sp³-hybridized carbons (Fsp3) is 0.615. The minimum atomic E-state index is -0.670.